The lowest BCUT2D eigenvalue weighted by Gasteiger charge is -2.28. The van der Waals surface area contributed by atoms with E-state index in [1.54, 1.807) is 5.32 Å². The Labute approximate surface area is 97.9 Å². The Morgan fingerprint density at radius 1 is 0.875 bits per heavy atom. The second-order valence-corrected chi connectivity index (χ2v) is 6.15. The molecule has 0 aromatic carbocycles. The average molecular weight is 231 g/mol. The highest BCUT2D eigenvalue weighted by molar-refractivity contribution is 5.91. The molecule has 96 valence electrons. The third kappa shape index (κ3) is 23.0. The van der Waals surface area contributed by atoms with Gasteiger partial charge in [-0.3, -0.25) is 5.32 Å². The Hall–Kier alpha value is -1.26. The molecule has 0 heterocycles. The van der Waals surface area contributed by atoms with Crippen molar-refractivity contribution in [2.75, 3.05) is 0 Å². The van der Waals surface area contributed by atoms with Crippen LogP contribution in [0, 0.1) is 10.8 Å². The van der Waals surface area contributed by atoms with Crippen LogP contribution in [0.25, 0.3) is 0 Å². The molecule has 0 unspecified atom stereocenters. The minimum Gasteiger partial charge on any atom is -0.351 e. The maximum Gasteiger partial charge on any atom is 0.320 e. The fourth-order valence-corrected chi connectivity index (χ4v) is 1.71. The summed E-state index contributed by atoms with van der Waals surface area (Å²) in [6.07, 6.45) is 1.29. The van der Waals surface area contributed by atoms with Crippen LogP contribution in [-0.4, -0.2) is 12.1 Å². The lowest BCUT2D eigenvalue weighted by atomic mass is 9.78. The van der Waals surface area contributed by atoms with Crippen LogP contribution < -0.4 is 16.8 Å². The molecule has 0 bridgehead atoms. The van der Waals surface area contributed by atoms with Gasteiger partial charge in [-0.1, -0.05) is 41.5 Å². The molecule has 0 spiro atoms. The van der Waals surface area contributed by atoms with Gasteiger partial charge in [-0.2, -0.15) is 0 Å². The Morgan fingerprint density at radius 3 is 1.12 bits per heavy atom. The van der Waals surface area contributed by atoms with Crippen LogP contribution in [0.2, 0.25) is 0 Å². The number of urea groups is 2. The highest BCUT2D eigenvalue weighted by atomic mass is 16.2. The van der Waals surface area contributed by atoms with Gasteiger partial charge >= 0.3 is 12.1 Å². The summed E-state index contributed by atoms with van der Waals surface area (Å²) in [4.78, 5) is 19.2. The number of hydrogen-bond acceptors (Lipinski definition) is 2. The van der Waals surface area contributed by atoms with E-state index in [1.165, 1.54) is 6.42 Å². The summed E-state index contributed by atoms with van der Waals surface area (Å²) in [7, 11) is 0. The first-order chi connectivity index (χ1) is 6.83. The summed E-state index contributed by atoms with van der Waals surface area (Å²) < 4.78 is 0. The summed E-state index contributed by atoms with van der Waals surface area (Å²) in [6, 6.07) is -1.88. The van der Waals surface area contributed by atoms with E-state index >= 15 is 0 Å². The van der Waals surface area contributed by atoms with Gasteiger partial charge < -0.3 is 11.5 Å². The molecule has 5 nitrogen and oxygen atoms in total. The third-order valence-electron chi connectivity index (χ3n) is 1.31. The minimum atomic E-state index is -0.938. The zero-order chi connectivity index (χ0) is 13.6. The predicted octanol–water partition coefficient (Wildman–Crippen LogP) is 2.20. The van der Waals surface area contributed by atoms with Crippen LogP contribution in [0.15, 0.2) is 0 Å². The number of imide groups is 1. The lowest BCUT2D eigenvalue weighted by Crippen LogP contribution is -2.38. The van der Waals surface area contributed by atoms with Crippen LogP contribution in [0.4, 0.5) is 9.59 Å². The standard InChI is InChI=1S/C9H20.C2H5N3O2/c1-8(2,3)7-9(4,5)6;3-1(6)5-2(4)7/h7H2,1-6H3;(H5,3,4,5,6,7). The summed E-state index contributed by atoms with van der Waals surface area (Å²) in [5.41, 5.74) is 9.85. The molecule has 16 heavy (non-hydrogen) atoms. The van der Waals surface area contributed by atoms with Crippen LogP contribution in [0.1, 0.15) is 48.0 Å². The number of hydrogen-bond donors (Lipinski definition) is 3. The van der Waals surface area contributed by atoms with Gasteiger partial charge in [-0.25, -0.2) is 9.59 Å². The second kappa shape index (κ2) is 6.35. The summed E-state index contributed by atoms with van der Waals surface area (Å²) in [5, 5.41) is 1.58. The van der Waals surface area contributed by atoms with E-state index in [4.69, 9.17) is 0 Å². The van der Waals surface area contributed by atoms with Crippen LogP contribution in [0.5, 0.6) is 0 Å². The first kappa shape index (κ1) is 17.1. The van der Waals surface area contributed by atoms with E-state index in [0.717, 1.165) is 0 Å². The molecule has 0 radical (unpaired) electrons. The quantitative estimate of drug-likeness (QED) is 0.595. The van der Waals surface area contributed by atoms with Gasteiger partial charge in [0, 0.05) is 0 Å². The first-order valence-corrected chi connectivity index (χ1v) is 5.19. The van der Waals surface area contributed by atoms with Gasteiger partial charge in [0.05, 0.1) is 0 Å². The fourth-order valence-electron chi connectivity index (χ4n) is 1.71. The Bertz CT molecular complexity index is 213. The number of amides is 4. The van der Waals surface area contributed by atoms with Crippen molar-refractivity contribution in [1.82, 2.24) is 5.32 Å². The van der Waals surface area contributed by atoms with E-state index in [2.05, 4.69) is 53.0 Å². The van der Waals surface area contributed by atoms with Crippen molar-refractivity contribution in [2.24, 2.45) is 22.3 Å². The smallest absolute Gasteiger partial charge is 0.320 e. The van der Waals surface area contributed by atoms with E-state index in [0.29, 0.717) is 10.8 Å². The van der Waals surface area contributed by atoms with Gasteiger partial charge in [0.2, 0.25) is 0 Å². The third-order valence-corrected chi connectivity index (χ3v) is 1.31. The molecule has 5 heteroatoms. The molecule has 4 amide bonds. The maximum absolute atomic E-state index is 9.62. The average Bonchev–Trinajstić information content (AvgIpc) is 1.72. The van der Waals surface area contributed by atoms with E-state index < -0.39 is 12.1 Å². The molecular formula is C11H25N3O2. The molecule has 0 aromatic rings. The van der Waals surface area contributed by atoms with Crippen molar-refractivity contribution in [3.8, 4) is 0 Å². The number of carbonyl (C=O) groups excluding carboxylic acids is 2. The van der Waals surface area contributed by atoms with Gasteiger partial charge in [0.1, 0.15) is 0 Å². The largest absolute Gasteiger partial charge is 0.351 e. The molecule has 0 rings (SSSR count). The number of primary amides is 2. The molecule has 0 aliphatic rings. The van der Waals surface area contributed by atoms with Gasteiger partial charge in [0.25, 0.3) is 0 Å². The van der Waals surface area contributed by atoms with E-state index in [1.807, 2.05) is 0 Å². The van der Waals surface area contributed by atoms with Crippen LogP contribution in [-0.2, 0) is 0 Å². The molecule has 0 aliphatic heterocycles. The number of rotatable bonds is 0. The van der Waals surface area contributed by atoms with Crippen molar-refractivity contribution in [3.63, 3.8) is 0 Å². The van der Waals surface area contributed by atoms with Crippen molar-refractivity contribution >= 4 is 12.1 Å². The SMILES string of the molecule is CC(C)(C)CC(C)(C)C.NC(=O)NC(N)=O. The Kier molecular flexibility index (Phi) is 6.80. The van der Waals surface area contributed by atoms with Gasteiger partial charge in [-0.05, 0) is 17.3 Å². The summed E-state index contributed by atoms with van der Waals surface area (Å²) in [5.74, 6) is 0. The second-order valence-electron chi connectivity index (χ2n) is 6.15. The van der Waals surface area contributed by atoms with Gasteiger partial charge in [-0.15, -0.1) is 0 Å². The van der Waals surface area contributed by atoms with Crippen molar-refractivity contribution < 1.29 is 9.59 Å². The molecule has 0 saturated heterocycles. The lowest BCUT2D eigenvalue weighted by molar-refractivity contribution is 0.233. The van der Waals surface area contributed by atoms with Crippen molar-refractivity contribution in [2.45, 2.75) is 48.0 Å². The van der Waals surface area contributed by atoms with E-state index in [-0.39, 0.29) is 0 Å². The highest BCUT2D eigenvalue weighted by Crippen LogP contribution is 2.31. The summed E-state index contributed by atoms with van der Waals surface area (Å²) in [6.45, 7) is 13.7. The first-order valence-electron chi connectivity index (χ1n) is 5.19. The van der Waals surface area contributed by atoms with Crippen LogP contribution in [0.3, 0.4) is 0 Å². The van der Waals surface area contributed by atoms with Crippen LogP contribution >= 0.6 is 0 Å². The zero-order valence-corrected chi connectivity index (χ0v) is 11.2. The molecule has 0 aliphatic carbocycles. The maximum atomic E-state index is 9.62. The Morgan fingerprint density at radius 2 is 1.12 bits per heavy atom. The molecule has 0 aromatic heterocycles. The molecule has 0 saturated carbocycles. The molecule has 0 atom stereocenters. The fraction of sp³-hybridized carbons (Fsp3) is 0.818. The predicted molar refractivity (Wildman–Crippen MR) is 65.8 cm³/mol. The topological polar surface area (TPSA) is 98.2 Å². The van der Waals surface area contributed by atoms with Crippen molar-refractivity contribution in [3.05, 3.63) is 0 Å². The normalized spacial score (nSPS) is 11.1. The monoisotopic (exact) mass is 231 g/mol. The van der Waals surface area contributed by atoms with E-state index in [9.17, 15) is 9.59 Å². The Balaban J connectivity index is 0. The number of nitrogens with one attached hydrogen (secondary N) is 1. The van der Waals surface area contributed by atoms with Gasteiger partial charge in [0.15, 0.2) is 0 Å². The highest BCUT2D eigenvalue weighted by Gasteiger charge is 2.20. The minimum absolute atomic E-state index is 0.484. The summed E-state index contributed by atoms with van der Waals surface area (Å²) >= 11 is 0. The van der Waals surface area contributed by atoms with Crippen molar-refractivity contribution in [1.29, 1.82) is 0 Å². The molecule has 5 N–H and O–H groups in total. The zero-order valence-electron chi connectivity index (χ0n) is 11.2. The number of carbonyl (C=O) groups is 2. The number of nitrogens with two attached hydrogens (primary N) is 2. The molecule has 0 fully saturated rings. The molecular weight excluding hydrogens is 206 g/mol.